The summed E-state index contributed by atoms with van der Waals surface area (Å²) in [6, 6.07) is 23.0. The highest BCUT2D eigenvalue weighted by molar-refractivity contribution is 5.45. The molecular weight excluding hydrogens is 404 g/mol. The summed E-state index contributed by atoms with van der Waals surface area (Å²) < 4.78 is 12.2. The van der Waals surface area contributed by atoms with Crippen LogP contribution in [-0.2, 0) is 5.41 Å². The smallest absolute Gasteiger partial charge is 0.130 e. The van der Waals surface area contributed by atoms with Crippen molar-refractivity contribution >= 4 is 0 Å². The van der Waals surface area contributed by atoms with Gasteiger partial charge in [-0.3, -0.25) is 0 Å². The van der Waals surface area contributed by atoms with Crippen molar-refractivity contribution in [2.45, 2.75) is 59.8 Å². The van der Waals surface area contributed by atoms with Crippen LogP contribution < -0.4 is 9.47 Å². The second kappa shape index (κ2) is 11.0. The molecular formula is C31H36O2. The Hall–Kier alpha value is -3.26. The van der Waals surface area contributed by atoms with E-state index in [-0.39, 0.29) is 5.41 Å². The molecule has 0 N–H and O–H groups in total. The van der Waals surface area contributed by atoms with Gasteiger partial charge in [0.2, 0.25) is 0 Å². The van der Waals surface area contributed by atoms with Crippen LogP contribution in [0.2, 0.25) is 0 Å². The van der Waals surface area contributed by atoms with Crippen LogP contribution in [0.1, 0.15) is 62.8 Å². The van der Waals surface area contributed by atoms with Crippen LogP contribution in [0.25, 0.3) is 0 Å². The average Bonchev–Trinajstić information content (AvgIpc) is 2.82. The Bertz CT molecular complexity index is 1100. The van der Waals surface area contributed by atoms with Gasteiger partial charge in [-0.05, 0) is 78.9 Å². The van der Waals surface area contributed by atoms with Gasteiger partial charge in [0, 0.05) is 11.8 Å². The van der Waals surface area contributed by atoms with Crippen molar-refractivity contribution in [3.05, 3.63) is 113 Å². The van der Waals surface area contributed by atoms with E-state index in [2.05, 4.69) is 108 Å². The van der Waals surface area contributed by atoms with Crippen LogP contribution >= 0.6 is 0 Å². The molecule has 172 valence electrons. The summed E-state index contributed by atoms with van der Waals surface area (Å²) >= 11 is 0. The molecule has 0 heterocycles. The van der Waals surface area contributed by atoms with Crippen molar-refractivity contribution in [3.8, 4) is 17.2 Å². The fourth-order valence-electron chi connectivity index (χ4n) is 3.69. The highest BCUT2D eigenvalue weighted by Crippen LogP contribution is 2.35. The molecule has 0 spiro atoms. The van der Waals surface area contributed by atoms with Gasteiger partial charge < -0.3 is 9.47 Å². The van der Waals surface area contributed by atoms with Crippen molar-refractivity contribution in [2.75, 3.05) is 0 Å². The third-order valence-electron chi connectivity index (χ3n) is 6.19. The second-order valence-corrected chi connectivity index (χ2v) is 8.90. The lowest BCUT2D eigenvalue weighted by molar-refractivity contribution is 0.409. The predicted molar refractivity (Wildman–Crippen MR) is 139 cm³/mol. The molecule has 3 aromatic rings. The molecule has 0 radical (unpaired) electrons. The predicted octanol–water partition coefficient (Wildman–Crippen LogP) is 9.06. The van der Waals surface area contributed by atoms with E-state index in [0.717, 1.165) is 35.8 Å². The van der Waals surface area contributed by atoms with Crippen LogP contribution in [0.15, 0.2) is 90.7 Å². The summed E-state index contributed by atoms with van der Waals surface area (Å²) in [6.45, 7) is 12.9. The first-order valence-corrected chi connectivity index (χ1v) is 11.8. The minimum atomic E-state index is -0.135. The number of benzene rings is 3. The highest BCUT2D eigenvalue weighted by Gasteiger charge is 2.23. The van der Waals surface area contributed by atoms with E-state index >= 15 is 0 Å². The lowest BCUT2D eigenvalue weighted by Gasteiger charge is -2.26. The van der Waals surface area contributed by atoms with Crippen LogP contribution in [-0.4, -0.2) is 0 Å². The summed E-state index contributed by atoms with van der Waals surface area (Å²) in [7, 11) is 0. The lowest BCUT2D eigenvalue weighted by Crippen LogP contribution is -2.18. The Morgan fingerprint density at radius 2 is 1.42 bits per heavy atom. The zero-order valence-electron chi connectivity index (χ0n) is 20.8. The molecule has 0 saturated heterocycles. The fourth-order valence-corrected chi connectivity index (χ4v) is 3.69. The molecule has 0 aromatic heterocycles. The van der Waals surface area contributed by atoms with Gasteiger partial charge in [-0.1, -0.05) is 76.2 Å². The maximum Gasteiger partial charge on any atom is 0.130 e. The van der Waals surface area contributed by atoms with E-state index in [1.807, 2.05) is 18.2 Å². The number of ether oxygens (including phenoxy) is 2. The average molecular weight is 441 g/mol. The maximum absolute atomic E-state index is 6.14. The first-order chi connectivity index (χ1) is 15.8. The van der Waals surface area contributed by atoms with Crippen molar-refractivity contribution in [1.29, 1.82) is 0 Å². The van der Waals surface area contributed by atoms with Crippen molar-refractivity contribution in [1.82, 2.24) is 0 Å². The van der Waals surface area contributed by atoms with Crippen LogP contribution in [0.3, 0.4) is 0 Å². The first kappa shape index (κ1) is 24.4. The molecule has 3 aromatic carbocycles. The van der Waals surface area contributed by atoms with Gasteiger partial charge >= 0.3 is 0 Å². The van der Waals surface area contributed by atoms with E-state index in [0.29, 0.717) is 0 Å². The van der Waals surface area contributed by atoms with Gasteiger partial charge in [0.1, 0.15) is 23.0 Å². The summed E-state index contributed by atoms with van der Waals surface area (Å²) in [4.78, 5) is 0. The standard InChI is InChI=1S/C31H36O2/c1-7-9-10-13-27(8-2)32-28-19-15-25(16-20-28)31(5,6)26-17-21-29(22-18-26)33-30-14-11-12-23(3)24(30)4/h9-22H,7-8H2,1-6H3/b10-9-,27-13+. The van der Waals surface area contributed by atoms with Gasteiger partial charge in [0.15, 0.2) is 0 Å². The fraction of sp³-hybridized carbons (Fsp3) is 0.290. The van der Waals surface area contributed by atoms with E-state index in [9.17, 15) is 0 Å². The number of allylic oxidation sites excluding steroid dienone is 4. The second-order valence-electron chi connectivity index (χ2n) is 8.90. The van der Waals surface area contributed by atoms with E-state index < -0.39 is 0 Å². The Balaban J connectivity index is 1.73. The quantitative estimate of drug-likeness (QED) is 0.244. The zero-order valence-corrected chi connectivity index (χ0v) is 20.8. The van der Waals surface area contributed by atoms with Gasteiger partial charge in [-0.25, -0.2) is 0 Å². The number of hydrogen-bond donors (Lipinski definition) is 0. The Kier molecular flexibility index (Phi) is 8.16. The molecule has 0 atom stereocenters. The van der Waals surface area contributed by atoms with Gasteiger partial charge in [0.05, 0.1) is 0 Å². The monoisotopic (exact) mass is 440 g/mol. The Labute approximate surface area is 199 Å². The maximum atomic E-state index is 6.14. The zero-order chi connectivity index (χ0) is 23.8. The molecule has 33 heavy (non-hydrogen) atoms. The molecule has 2 heteroatoms. The van der Waals surface area contributed by atoms with Gasteiger partial charge in [-0.15, -0.1) is 0 Å². The third-order valence-corrected chi connectivity index (χ3v) is 6.19. The van der Waals surface area contributed by atoms with Crippen molar-refractivity contribution in [3.63, 3.8) is 0 Å². The van der Waals surface area contributed by atoms with E-state index in [1.54, 1.807) is 0 Å². The SMILES string of the molecule is CC/C=C\C=C(/CC)Oc1ccc(C(C)(C)c2ccc(Oc3cccc(C)c3C)cc2)cc1. The molecule has 0 aliphatic rings. The molecule has 2 nitrogen and oxygen atoms in total. The Morgan fingerprint density at radius 3 is 2.00 bits per heavy atom. The van der Waals surface area contributed by atoms with Gasteiger partial charge in [0.25, 0.3) is 0 Å². The number of hydrogen-bond acceptors (Lipinski definition) is 2. The molecule has 3 rings (SSSR count). The summed E-state index contributed by atoms with van der Waals surface area (Å²) in [5.74, 6) is 3.59. The molecule has 0 bridgehead atoms. The van der Waals surface area contributed by atoms with Crippen molar-refractivity contribution < 1.29 is 9.47 Å². The summed E-state index contributed by atoms with van der Waals surface area (Å²) in [6.07, 6.45) is 8.12. The van der Waals surface area contributed by atoms with Crippen LogP contribution in [0.5, 0.6) is 17.2 Å². The highest BCUT2D eigenvalue weighted by atomic mass is 16.5. The van der Waals surface area contributed by atoms with Crippen molar-refractivity contribution in [2.24, 2.45) is 0 Å². The molecule has 0 fully saturated rings. The lowest BCUT2D eigenvalue weighted by atomic mass is 9.78. The summed E-state index contributed by atoms with van der Waals surface area (Å²) in [5.41, 5.74) is 4.75. The van der Waals surface area contributed by atoms with Crippen LogP contribution in [0, 0.1) is 13.8 Å². The molecule has 0 unspecified atom stereocenters. The molecule has 0 aliphatic carbocycles. The molecule has 0 saturated carbocycles. The number of aryl methyl sites for hydroxylation is 1. The largest absolute Gasteiger partial charge is 0.462 e. The van der Waals surface area contributed by atoms with E-state index in [1.165, 1.54) is 22.3 Å². The van der Waals surface area contributed by atoms with Gasteiger partial charge in [-0.2, -0.15) is 0 Å². The number of rotatable bonds is 9. The van der Waals surface area contributed by atoms with Crippen LogP contribution in [0.4, 0.5) is 0 Å². The minimum absolute atomic E-state index is 0.135. The molecule has 0 amide bonds. The Morgan fingerprint density at radius 1 is 0.818 bits per heavy atom. The minimum Gasteiger partial charge on any atom is -0.462 e. The normalized spacial score (nSPS) is 12.2. The van der Waals surface area contributed by atoms with E-state index in [4.69, 9.17) is 9.47 Å². The first-order valence-electron chi connectivity index (χ1n) is 11.8. The third kappa shape index (κ3) is 6.16. The summed E-state index contributed by atoms with van der Waals surface area (Å²) in [5, 5.41) is 0. The molecule has 0 aliphatic heterocycles. The topological polar surface area (TPSA) is 18.5 Å².